The van der Waals surface area contributed by atoms with Crippen LogP contribution in [0, 0.1) is 0 Å². The van der Waals surface area contributed by atoms with Gasteiger partial charge in [-0.2, -0.15) is 0 Å². The zero-order chi connectivity index (χ0) is 22.2. The van der Waals surface area contributed by atoms with Gasteiger partial charge in [0.15, 0.2) is 0 Å². The van der Waals surface area contributed by atoms with Crippen molar-refractivity contribution in [3.8, 4) is 0 Å². The number of hydrogen-bond donors (Lipinski definition) is 4. The summed E-state index contributed by atoms with van der Waals surface area (Å²) >= 11 is 0. The van der Waals surface area contributed by atoms with Crippen LogP contribution in [0.25, 0.3) is 0 Å². The molecule has 0 atom stereocenters. The van der Waals surface area contributed by atoms with Crippen molar-refractivity contribution in [2.75, 3.05) is 39.4 Å². The predicted molar refractivity (Wildman–Crippen MR) is 112 cm³/mol. The molecule has 166 valence electrons. The van der Waals surface area contributed by atoms with Gasteiger partial charge in [-0.3, -0.25) is 9.59 Å². The fourth-order valence-electron chi connectivity index (χ4n) is 2.40. The van der Waals surface area contributed by atoms with Crippen molar-refractivity contribution in [2.24, 2.45) is 0 Å². The first-order valence-corrected chi connectivity index (χ1v) is 9.94. The first-order valence-electron chi connectivity index (χ1n) is 9.94. The Hall–Kier alpha value is -2.91. The van der Waals surface area contributed by atoms with E-state index in [1.807, 2.05) is 13.0 Å². The molecule has 0 aliphatic rings. The van der Waals surface area contributed by atoms with Gasteiger partial charge in [-0.1, -0.05) is 37.3 Å². The van der Waals surface area contributed by atoms with E-state index in [1.54, 1.807) is 36.4 Å². The second kappa shape index (κ2) is 15.0. The summed E-state index contributed by atoms with van der Waals surface area (Å²) in [7, 11) is 0. The van der Waals surface area contributed by atoms with Gasteiger partial charge in [0.2, 0.25) is 5.91 Å². The molecular weight excluding hydrogens is 390 g/mol. The van der Waals surface area contributed by atoms with Gasteiger partial charge in [0.05, 0.1) is 13.2 Å². The Kier molecular flexibility index (Phi) is 12.6. The summed E-state index contributed by atoms with van der Waals surface area (Å²) < 4.78 is 5.04. The summed E-state index contributed by atoms with van der Waals surface area (Å²) in [6, 6.07) is 8.66. The smallest absolute Gasteiger partial charge is 0.410 e. The van der Waals surface area contributed by atoms with Crippen LogP contribution < -0.4 is 10.6 Å². The van der Waals surface area contributed by atoms with E-state index in [-0.39, 0.29) is 44.4 Å². The summed E-state index contributed by atoms with van der Waals surface area (Å²) in [5, 5.41) is 23.6. The second-order valence-corrected chi connectivity index (χ2v) is 6.41. The molecule has 1 rings (SSSR count). The Morgan fingerprint density at radius 3 is 2.27 bits per heavy atom. The van der Waals surface area contributed by atoms with Crippen molar-refractivity contribution in [2.45, 2.75) is 25.9 Å². The molecule has 0 unspecified atom stereocenters. The Morgan fingerprint density at radius 1 is 1.03 bits per heavy atom. The molecule has 0 aliphatic carbocycles. The highest BCUT2D eigenvalue weighted by Crippen LogP contribution is 2.00. The lowest BCUT2D eigenvalue weighted by atomic mass is 10.2. The SMILES string of the molecule is CC/C=C\CC(=O)NCCN(CCNC(=O)c1ccccc1)C(=O)OC(CO)CO. The average molecular weight is 421 g/mol. The molecule has 4 N–H and O–H groups in total. The van der Waals surface area contributed by atoms with E-state index in [4.69, 9.17) is 14.9 Å². The van der Waals surface area contributed by atoms with Crippen LogP contribution in [0.15, 0.2) is 42.5 Å². The monoisotopic (exact) mass is 421 g/mol. The van der Waals surface area contributed by atoms with Crippen LogP contribution in [0.4, 0.5) is 4.79 Å². The molecule has 0 heterocycles. The van der Waals surface area contributed by atoms with E-state index in [1.165, 1.54) is 4.90 Å². The van der Waals surface area contributed by atoms with Crippen molar-refractivity contribution >= 4 is 17.9 Å². The number of ether oxygens (including phenoxy) is 1. The van der Waals surface area contributed by atoms with Crippen molar-refractivity contribution in [1.82, 2.24) is 15.5 Å². The Labute approximate surface area is 176 Å². The number of nitrogens with one attached hydrogen (secondary N) is 2. The fraction of sp³-hybridized carbons (Fsp3) is 0.476. The van der Waals surface area contributed by atoms with Crippen LogP contribution in [0.5, 0.6) is 0 Å². The molecule has 9 heteroatoms. The molecule has 9 nitrogen and oxygen atoms in total. The average Bonchev–Trinajstić information content (AvgIpc) is 2.76. The molecule has 0 aliphatic heterocycles. The van der Waals surface area contributed by atoms with E-state index < -0.39 is 25.4 Å². The Morgan fingerprint density at radius 2 is 1.67 bits per heavy atom. The molecule has 0 spiro atoms. The minimum Gasteiger partial charge on any atom is -0.441 e. The van der Waals surface area contributed by atoms with E-state index in [0.717, 1.165) is 6.42 Å². The lowest BCUT2D eigenvalue weighted by Gasteiger charge is -2.24. The zero-order valence-electron chi connectivity index (χ0n) is 17.3. The van der Waals surface area contributed by atoms with Crippen LogP contribution in [0.1, 0.15) is 30.1 Å². The lowest BCUT2D eigenvalue weighted by molar-refractivity contribution is -0.120. The van der Waals surface area contributed by atoms with Crippen molar-refractivity contribution in [1.29, 1.82) is 0 Å². The quantitative estimate of drug-likeness (QED) is 0.347. The van der Waals surface area contributed by atoms with Gasteiger partial charge in [-0.05, 0) is 18.6 Å². The topological polar surface area (TPSA) is 128 Å². The fourth-order valence-corrected chi connectivity index (χ4v) is 2.40. The zero-order valence-corrected chi connectivity index (χ0v) is 17.3. The van der Waals surface area contributed by atoms with Gasteiger partial charge >= 0.3 is 6.09 Å². The largest absolute Gasteiger partial charge is 0.441 e. The number of benzene rings is 1. The highest BCUT2D eigenvalue weighted by molar-refractivity contribution is 5.94. The van der Waals surface area contributed by atoms with Crippen LogP contribution in [-0.2, 0) is 9.53 Å². The minimum atomic E-state index is -1.03. The third kappa shape index (κ3) is 10.0. The molecule has 0 aromatic heterocycles. The number of rotatable bonds is 13. The summed E-state index contributed by atoms with van der Waals surface area (Å²) in [5.74, 6) is -0.447. The molecular formula is C21H31N3O6. The summed E-state index contributed by atoms with van der Waals surface area (Å²) in [5.41, 5.74) is 0.500. The number of carbonyl (C=O) groups excluding carboxylic acids is 3. The van der Waals surface area contributed by atoms with Crippen LogP contribution in [0.3, 0.4) is 0 Å². The normalized spacial score (nSPS) is 10.8. The summed E-state index contributed by atoms with van der Waals surface area (Å²) in [4.78, 5) is 37.5. The number of aliphatic hydroxyl groups is 2. The Bertz CT molecular complexity index is 677. The standard InChI is InChI=1S/C21H31N3O6/c1-2-3-5-10-19(27)22-11-13-24(21(29)30-18(15-25)16-26)14-12-23-20(28)17-8-6-4-7-9-17/h3-9,18,25-26H,2,10-16H2,1H3,(H,22,27)(H,23,28)/b5-3-. The van der Waals surface area contributed by atoms with E-state index in [2.05, 4.69) is 10.6 Å². The van der Waals surface area contributed by atoms with E-state index in [9.17, 15) is 14.4 Å². The first-order chi connectivity index (χ1) is 14.5. The molecule has 1 aromatic rings. The van der Waals surface area contributed by atoms with Crippen LogP contribution in [-0.4, -0.2) is 78.5 Å². The van der Waals surface area contributed by atoms with Gasteiger partial charge in [-0.15, -0.1) is 0 Å². The molecule has 30 heavy (non-hydrogen) atoms. The number of hydrogen-bond acceptors (Lipinski definition) is 6. The lowest BCUT2D eigenvalue weighted by Crippen LogP contribution is -2.44. The molecule has 0 fully saturated rings. The second-order valence-electron chi connectivity index (χ2n) is 6.41. The highest BCUT2D eigenvalue weighted by atomic mass is 16.6. The predicted octanol–water partition coefficient (Wildman–Crippen LogP) is 0.681. The van der Waals surface area contributed by atoms with Crippen molar-refractivity contribution in [3.63, 3.8) is 0 Å². The van der Waals surface area contributed by atoms with Crippen LogP contribution in [0.2, 0.25) is 0 Å². The van der Waals surface area contributed by atoms with Crippen molar-refractivity contribution in [3.05, 3.63) is 48.0 Å². The van der Waals surface area contributed by atoms with Gasteiger partial charge in [0.1, 0.15) is 6.10 Å². The summed E-state index contributed by atoms with van der Waals surface area (Å²) in [6.45, 7) is 1.59. The van der Waals surface area contributed by atoms with Gasteiger partial charge in [-0.25, -0.2) is 4.79 Å². The van der Waals surface area contributed by atoms with E-state index >= 15 is 0 Å². The number of aliphatic hydroxyl groups excluding tert-OH is 2. The number of carbonyl (C=O) groups is 3. The first kappa shape index (κ1) is 25.1. The maximum Gasteiger partial charge on any atom is 0.410 e. The van der Waals surface area contributed by atoms with E-state index in [0.29, 0.717) is 5.56 Å². The van der Waals surface area contributed by atoms with Crippen LogP contribution >= 0.6 is 0 Å². The number of amides is 3. The van der Waals surface area contributed by atoms with Gasteiger partial charge in [0.25, 0.3) is 5.91 Å². The Balaban J connectivity index is 2.56. The third-order valence-corrected chi connectivity index (χ3v) is 4.05. The van der Waals surface area contributed by atoms with Gasteiger partial charge in [0, 0.05) is 38.2 Å². The summed E-state index contributed by atoms with van der Waals surface area (Å²) in [6.07, 6.45) is 2.97. The molecule has 3 amide bonds. The molecule has 0 saturated heterocycles. The highest BCUT2D eigenvalue weighted by Gasteiger charge is 2.19. The number of allylic oxidation sites excluding steroid dienone is 1. The number of nitrogens with zero attached hydrogens (tertiary/aromatic N) is 1. The maximum atomic E-state index is 12.3. The molecule has 1 aromatic carbocycles. The maximum absolute atomic E-state index is 12.3. The van der Waals surface area contributed by atoms with Gasteiger partial charge < -0.3 is 30.5 Å². The molecule has 0 bridgehead atoms. The minimum absolute atomic E-state index is 0.132. The van der Waals surface area contributed by atoms with Crippen molar-refractivity contribution < 1.29 is 29.3 Å². The third-order valence-electron chi connectivity index (χ3n) is 4.05. The molecule has 0 saturated carbocycles. The molecule has 0 radical (unpaired) electrons.